The third kappa shape index (κ3) is 4.74. The number of carboxylic acid groups (broad SMARTS) is 1. The minimum atomic E-state index is -1.19. The SMILES string of the molecule is CO/N=C(\C(=O)N[C@@H]1C(=O)N2C(C(=O)O)=C(CSc3cccc4cccnc34)CS[C@H]12)c1csc(N)n1. The van der Waals surface area contributed by atoms with Crippen LogP contribution in [0.5, 0.6) is 0 Å². The van der Waals surface area contributed by atoms with Crippen LogP contribution in [0.4, 0.5) is 5.13 Å². The van der Waals surface area contributed by atoms with Gasteiger partial charge in [-0.15, -0.1) is 34.9 Å². The number of benzene rings is 1. The number of amides is 2. The summed E-state index contributed by atoms with van der Waals surface area (Å²) in [6, 6.07) is 8.75. The molecule has 0 saturated carbocycles. The Kier molecular flexibility index (Phi) is 7.04. The largest absolute Gasteiger partial charge is 0.477 e. The highest BCUT2D eigenvalue weighted by Crippen LogP contribution is 2.42. The molecule has 5 rings (SSSR count). The molecule has 2 aliphatic heterocycles. The second kappa shape index (κ2) is 10.4. The lowest BCUT2D eigenvalue weighted by Gasteiger charge is -2.49. The Labute approximate surface area is 223 Å². The molecule has 190 valence electrons. The molecule has 2 amide bonds. The van der Waals surface area contributed by atoms with E-state index in [1.165, 1.54) is 35.5 Å². The van der Waals surface area contributed by atoms with Gasteiger partial charge in [-0.2, -0.15) is 0 Å². The van der Waals surface area contributed by atoms with Crippen molar-refractivity contribution < 1.29 is 24.3 Å². The number of nitrogens with two attached hydrogens (primary N) is 1. The number of fused-ring (bicyclic) bond motifs is 2. The molecule has 0 spiro atoms. The number of nitrogens with zero attached hydrogens (tertiary/aromatic N) is 4. The monoisotopic (exact) mass is 556 g/mol. The van der Waals surface area contributed by atoms with Gasteiger partial charge in [0.05, 0.1) is 5.52 Å². The van der Waals surface area contributed by atoms with E-state index in [0.717, 1.165) is 27.1 Å². The molecule has 2 aromatic heterocycles. The second-order valence-corrected chi connectivity index (χ2v) is 10.9. The predicted molar refractivity (Wildman–Crippen MR) is 142 cm³/mol. The molecular weight excluding hydrogens is 536 g/mol. The van der Waals surface area contributed by atoms with Crippen LogP contribution in [0.25, 0.3) is 10.9 Å². The van der Waals surface area contributed by atoms with Gasteiger partial charge in [-0.05, 0) is 17.7 Å². The Morgan fingerprint density at radius 2 is 2.16 bits per heavy atom. The molecule has 4 heterocycles. The van der Waals surface area contributed by atoms with E-state index in [1.54, 1.807) is 11.6 Å². The van der Waals surface area contributed by atoms with E-state index in [4.69, 9.17) is 10.6 Å². The van der Waals surface area contributed by atoms with Crippen LogP contribution in [0.2, 0.25) is 0 Å². The molecule has 3 aromatic rings. The van der Waals surface area contributed by atoms with E-state index < -0.39 is 29.2 Å². The standard InChI is InChI=1S/C23H20N6O5S3/c1-34-28-16(13-10-37-23(24)26-13)19(30)27-17-20(31)29-18(22(32)33)12(9-36-21(17)29)8-35-14-6-2-4-11-5-3-7-25-15(11)14/h2-7,10,17,21H,8-9H2,1H3,(H2,24,26)(H,27,30)(H,32,33)/b28-16-/t17-,21-/m1/s1. The summed E-state index contributed by atoms with van der Waals surface area (Å²) in [5.74, 6) is -1.58. The van der Waals surface area contributed by atoms with Crippen molar-refractivity contribution in [1.29, 1.82) is 0 Å². The molecule has 2 aliphatic rings. The summed E-state index contributed by atoms with van der Waals surface area (Å²) < 4.78 is 0. The fraction of sp³-hybridized carbons (Fsp3) is 0.217. The quantitative estimate of drug-likeness (QED) is 0.162. The van der Waals surface area contributed by atoms with Crippen molar-refractivity contribution in [2.45, 2.75) is 16.3 Å². The van der Waals surface area contributed by atoms with E-state index >= 15 is 0 Å². The topological polar surface area (TPSA) is 160 Å². The second-order valence-electron chi connectivity index (χ2n) is 7.93. The van der Waals surface area contributed by atoms with E-state index in [9.17, 15) is 19.5 Å². The average Bonchev–Trinajstić information content (AvgIpc) is 3.33. The number of hydrogen-bond donors (Lipinski definition) is 3. The molecule has 14 heteroatoms. The zero-order chi connectivity index (χ0) is 26.1. The Morgan fingerprint density at radius 3 is 2.89 bits per heavy atom. The van der Waals surface area contributed by atoms with Gasteiger partial charge in [-0.3, -0.25) is 19.5 Å². The predicted octanol–water partition coefficient (Wildman–Crippen LogP) is 2.15. The number of para-hydroxylation sites is 1. The highest BCUT2D eigenvalue weighted by atomic mass is 32.2. The first kappa shape index (κ1) is 25.0. The number of anilines is 1. The number of hydrogen-bond acceptors (Lipinski definition) is 11. The molecule has 11 nitrogen and oxygen atoms in total. The number of carbonyl (C=O) groups excluding carboxylic acids is 2. The fourth-order valence-electron chi connectivity index (χ4n) is 4.05. The summed E-state index contributed by atoms with van der Waals surface area (Å²) in [4.78, 5) is 53.6. The normalized spacial score (nSPS) is 19.4. The van der Waals surface area contributed by atoms with Crippen LogP contribution in [-0.4, -0.2) is 73.5 Å². The van der Waals surface area contributed by atoms with Crippen LogP contribution >= 0.6 is 34.9 Å². The minimum Gasteiger partial charge on any atom is -0.477 e. The molecule has 37 heavy (non-hydrogen) atoms. The number of carboxylic acids is 1. The molecule has 1 aromatic carbocycles. The molecule has 0 aliphatic carbocycles. The Hall–Kier alpha value is -3.62. The van der Waals surface area contributed by atoms with Crippen molar-refractivity contribution in [3.05, 3.63) is 58.9 Å². The number of aliphatic carboxylic acids is 1. The Morgan fingerprint density at radius 1 is 1.35 bits per heavy atom. The molecule has 1 saturated heterocycles. The van der Waals surface area contributed by atoms with Gasteiger partial charge >= 0.3 is 5.97 Å². The van der Waals surface area contributed by atoms with Gasteiger partial charge in [0.15, 0.2) is 10.8 Å². The van der Waals surface area contributed by atoms with Crippen molar-refractivity contribution in [2.75, 3.05) is 24.3 Å². The number of aromatic nitrogens is 2. The molecule has 0 bridgehead atoms. The Balaban J connectivity index is 1.33. The lowest BCUT2D eigenvalue weighted by Crippen LogP contribution is -2.71. The first-order chi connectivity index (χ1) is 17.9. The summed E-state index contributed by atoms with van der Waals surface area (Å²) in [6.45, 7) is 0. The lowest BCUT2D eigenvalue weighted by atomic mass is 10.0. The number of oxime groups is 1. The first-order valence-corrected chi connectivity index (χ1v) is 13.8. The number of pyridine rings is 1. The molecule has 2 atom stereocenters. The van der Waals surface area contributed by atoms with Crippen molar-refractivity contribution >= 4 is 74.4 Å². The molecule has 0 radical (unpaired) electrons. The first-order valence-electron chi connectivity index (χ1n) is 10.9. The number of rotatable bonds is 8. The maximum atomic E-state index is 13.0. The summed E-state index contributed by atoms with van der Waals surface area (Å²) in [7, 11) is 1.29. The van der Waals surface area contributed by atoms with Crippen molar-refractivity contribution in [1.82, 2.24) is 20.2 Å². The number of carbonyl (C=O) groups is 3. The third-order valence-electron chi connectivity index (χ3n) is 5.70. The molecule has 1 fully saturated rings. The number of thioether (sulfide) groups is 2. The van der Waals surface area contributed by atoms with Gasteiger partial charge < -0.3 is 21.0 Å². The van der Waals surface area contributed by atoms with Gasteiger partial charge in [-0.25, -0.2) is 9.78 Å². The number of β-lactam (4-membered cyclic amide) rings is 1. The van der Waals surface area contributed by atoms with E-state index in [-0.39, 0.29) is 22.2 Å². The van der Waals surface area contributed by atoms with Gasteiger partial charge in [0.25, 0.3) is 11.8 Å². The van der Waals surface area contributed by atoms with Crippen molar-refractivity contribution in [2.24, 2.45) is 5.16 Å². The Bertz CT molecular complexity index is 1470. The van der Waals surface area contributed by atoms with Crippen LogP contribution in [0, 0.1) is 0 Å². The zero-order valence-corrected chi connectivity index (χ0v) is 21.7. The summed E-state index contributed by atoms with van der Waals surface area (Å²) in [5.41, 5.74) is 7.17. The zero-order valence-electron chi connectivity index (χ0n) is 19.3. The summed E-state index contributed by atoms with van der Waals surface area (Å²) in [6.07, 6.45) is 1.72. The van der Waals surface area contributed by atoms with Crippen LogP contribution < -0.4 is 11.1 Å². The van der Waals surface area contributed by atoms with Gasteiger partial charge in [0.2, 0.25) is 0 Å². The van der Waals surface area contributed by atoms with Crippen LogP contribution in [-0.2, 0) is 19.2 Å². The number of thiazole rings is 1. The minimum absolute atomic E-state index is 0.0435. The fourth-order valence-corrected chi connectivity index (χ4v) is 7.13. The van der Waals surface area contributed by atoms with E-state index in [1.807, 2.05) is 30.3 Å². The van der Waals surface area contributed by atoms with Gasteiger partial charge in [0, 0.05) is 33.4 Å². The third-order valence-corrected chi connectivity index (χ3v) is 8.84. The van der Waals surface area contributed by atoms with Crippen molar-refractivity contribution in [3.63, 3.8) is 0 Å². The van der Waals surface area contributed by atoms with E-state index in [2.05, 4.69) is 20.4 Å². The van der Waals surface area contributed by atoms with Crippen LogP contribution in [0.15, 0.2) is 63.2 Å². The van der Waals surface area contributed by atoms with Crippen molar-refractivity contribution in [3.8, 4) is 0 Å². The molecular formula is C23H20N6O5S3. The number of nitrogen functional groups attached to an aromatic ring is 1. The maximum Gasteiger partial charge on any atom is 0.352 e. The highest BCUT2D eigenvalue weighted by Gasteiger charge is 2.54. The summed E-state index contributed by atoms with van der Waals surface area (Å²) in [5, 5.41) is 18.6. The molecule has 0 unspecified atom stereocenters. The summed E-state index contributed by atoms with van der Waals surface area (Å²) >= 11 is 4.01. The van der Waals surface area contributed by atoms with Gasteiger partial charge in [0.1, 0.15) is 29.9 Å². The number of nitrogens with one attached hydrogen (secondary N) is 1. The molecule has 4 N–H and O–H groups in total. The maximum absolute atomic E-state index is 13.0. The van der Waals surface area contributed by atoms with E-state index in [0.29, 0.717) is 17.1 Å². The van der Waals surface area contributed by atoms with Crippen LogP contribution in [0.3, 0.4) is 0 Å². The van der Waals surface area contributed by atoms with Crippen LogP contribution in [0.1, 0.15) is 5.69 Å². The highest BCUT2D eigenvalue weighted by molar-refractivity contribution is 8.01. The smallest absolute Gasteiger partial charge is 0.352 e. The lowest BCUT2D eigenvalue weighted by molar-refractivity contribution is -0.150. The van der Waals surface area contributed by atoms with Gasteiger partial charge in [-0.1, -0.05) is 23.4 Å². The average molecular weight is 557 g/mol.